The summed E-state index contributed by atoms with van der Waals surface area (Å²) in [5.41, 5.74) is 7.92. The molecule has 1 aliphatic carbocycles. The van der Waals surface area contributed by atoms with E-state index in [0.29, 0.717) is 17.4 Å². The van der Waals surface area contributed by atoms with Gasteiger partial charge in [-0.1, -0.05) is 49.7 Å². The highest BCUT2D eigenvalue weighted by Gasteiger charge is 2.33. The van der Waals surface area contributed by atoms with Crippen LogP contribution in [0, 0.1) is 11.8 Å². The number of amides is 2. The maximum absolute atomic E-state index is 13.1. The molecule has 7 heteroatoms. The Hall–Kier alpha value is -2.73. The van der Waals surface area contributed by atoms with E-state index in [4.69, 9.17) is 26.8 Å². The van der Waals surface area contributed by atoms with Crippen molar-refractivity contribution in [1.82, 2.24) is 5.32 Å². The van der Waals surface area contributed by atoms with E-state index in [1.807, 2.05) is 12.1 Å². The van der Waals surface area contributed by atoms with Crippen molar-refractivity contribution in [3.05, 3.63) is 58.1 Å². The highest BCUT2D eigenvalue weighted by molar-refractivity contribution is 6.32. The van der Waals surface area contributed by atoms with Gasteiger partial charge >= 0.3 is 0 Å². The van der Waals surface area contributed by atoms with Crippen LogP contribution in [0.15, 0.2) is 36.4 Å². The van der Waals surface area contributed by atoms with Crippen molar-refractivity contribution in [1.29, 1.82) is 0 Å². The van der Waals surface area contributed by atoms with Crippen molar-refractivity contribution in [2.24, 2.45) is 17.6 Å². The second-order valence-electron chi connectivity index (χ2n) is 7.84. The first-order valence-corrected chi connectivity index (χ1v) is 10.4. The van der Waals surface area contributed by atoms with E-state index in [9.17, 15) is 9.59 Å². The van der Waals surface area contributed by atoms with Crippen LogP contribution in [-0.2, 0) is 11.2 Å². The van der Waals surface area contributed by atoms with Crippen LogP contribution in [0.1, 0.15) is 47.8 Å². The van der Waals surface area contributed by atoms with Crippen molar-refractivity contribution in [3.63, 3.8) is 0 Å². The van der Waals surface area contributed by atoms with Gasteiger partial charge in [0.25, 0.3) is 11.8 Å². The van der Waals surface area contributed by atoms with E-state index in [-0.39, 0.29) is 35.1 Å². The second-order valence-corrected chi connectivity index (χ2v) is 8.25. The SMILES string of the molecule is COc1cc(C(=O)N[C@@H]2c3ccccc3CC[C@H]2C(C)C)cc(Cl)c1OCC(N)=O. The average Bonchev–Trinajstić information content (AvgIpc) is 2.72. The van der Waals surface area contributed by atoms with Crippen LogP contribution in [0.3, 0.4) is 0 Å². The van der Waals surface area contributed by atoms with Crippen molar-refractivity contribution in [2.75, 3.05) is 13.7 Å². The van der Waals surface area contributed by atoms with Crippen molar-refractivity contribution in [2.45, 2.75) is 32.7 Å². The number of hydrogen-bond donors (Lipinski definition) is 2. The van der Waals surface area contributed by atoms with Gasteiger partial charge in [-0.2, -0.15) is 0 Å². The molecule has 6 nitrogen and oxygen atoms in total. The molecule has 0 aliphatic heterocycles. The number of primary amides is 1. The first-order valence-electron chi connectivity index (χ1n) is 9.99. The molecule has 0 aromatic heterocycles. The quantitative estimate of drug-likeness (QED) is 0.696. The van der Waals surface area contributed by atoms with Gasteiger partial charge in [0, 0.05) is 5.56 Å². The Morgan fingerprint density at radius 3 is 2.67 bits per heavy atom. The van der Waals surface area contributed by atoms with Gasteiger partial charge in [-0.25, -0.2) is 0 Å². The number of carbonyl (C=O) groups excluding carboxylic acids is 2. The zero-order valence-electron chi connectivity index (χ0n) is 17.4. The van der Waals surface area contributed by atoms with Gasteiger partial charge in [0.1, 0.15) is 0 Å². The number of aryl methyl sites for hydroxylation is 1. The van der Waals surface area contributed by atoms with Gasteiger partial charge in [-0.3, -0.25) is 9.59 Å². The lowest BCUT2D eigenvalue weighted by molar-refractivity contribution is -0.119. The molecule has 3 rings (SSSR count). The average molecular weight is 431 g/mol. The van der Waals surface area contributed by atoms with Crippen LogP contribution >= 0.6 is 11.6 Å². The normalized spacial score (nSPS) is 17.9. The van der Waals surface area contributed by atoms with Crippen molar-refractivity contribution < 1.29 is 19.1 Å². The van der Waals surface area contributed by atoms with Crippen LogP contribution < -0.4 is 20.5 Å². The second kappa shape index (κ2) is 9.39. The first-order chi connectivity index (χ1) is 14.3. The molecule has 0 heterocycles. The van der Waals surface area contributed by atoms with Crippen molar-refractivity contribution in [3.8, 4) is 11.5 Å². The number of benzene rings is 2. The van der Waals surface area contributed by atoms with Gasteiger partial charge in [-0.05, 0) is 47.9 Å². The molecular formula is C23H27ClN2O4. The third kappa shape index (κ3) is 4.70. The van der Waals surface area contributed by atoms with E-state index in [0.717, 1.165) is 18.4 Å². The van der Waals surface area contributed by atoms with Gasteiger partial charge in [0.05, 0.1) is 18.2 Å². The number of methoxy groups -OCH3 is 1. The summed E-state index contributed by atoms with van der Waals surface area (Å²) in [6.45, 7) is 4.03. The largest absolute Gasteiger partial charge is 0.493 e. The van der Waals surface area contributed by atoms with Gasteiger partial charge < -0.3 is 20.5 Å². The monoisotopic (exact) mass is 430 g/mol. The van der Waals surface area contributed by atoms with Crippen LogP contribution in [-0.4, -0.2) is 25.5 Å². The molecule has 2 aromatic carbocycles. The molecule has 0 unspecified atom stereocenters. The molecule has 2 amide bonds. The number of nitrogens with one attached hydrogen (secondary N) is 1. The zero-order chi connectivity index (χ0) is 21.8. The fourth-order valence-corrected chi connectivity index (χ4v) is 4.31. The third-order valence-corrected chi connectivity index (χ3v) is 5.84. The molecule has 160 valence electrons. The molecule has 0 fully saturated rings. The molecule has 0 spiro atoms. The van der Waals surface area contributed by atoms with Crippen LogP contribution in [0.2, 0.25) is 5.02 Å². The molecule has 30 heavy (non-hydrogen) atoms. The molecule has 2 aromatic rings. The number of ether oxygens (including phenoxy) is 2. The van der Waals surface area contributed by atoms with Gasteiger partial charge in [0.15, 0.2) is 18.1 Å². The molecule has 0 saturated carbocycles. The number of rotatable bonds is 7. The Kier molecular flexibility index (Phi) is 6.87. The number of carbonyl (C=O) groups is 2. The molecular weight excluding hydrogens is 404 g/mol. The minimum absolute atomic E-state index is 0.0852. The fraction of sp³-hybridized carbons (Fsp3) is 0.391. The zero-order valence-corrected chi connectivity index (χ0v) is 18.2. The van der Waals surface area contributed by atoms with E-state index in [2.05, 4.69) is 31.3 Å². The summed E-state index contributed by atoms with van der Waals surface area (Å²) in [6, 6.07) is 11.2. The predicted molar refractivity (Wildman–Crippen MR) is 116 cm³/mol. The maximum atomic E-state index is 13.1. The Labute approximate surface area is 181 Å². The third-order valence-electron chi connectivity index (χ3n) is 5.56. The van der Waals surface area contributed by atoms with Crippen LogP contribution in [0.4, 0.5) is 0 Å². The maximum Gasteiger partial charge on any atom is 0.255 e. The Bertz CT molecular complexity index is 945. The summed E-state index contributed by atoms with van der Waals surface area (Å²) in [7, 11) is 1.44. The van der Waals surface area contributed by atoms with E-state index < -0.39 is 5.91 Å². The smallest absolute Gasteiger partial charge is 0.255 e. The summed E-state index contributed by atoms with van der Waals surface area (Å²) in [5.74, 6) is 0.316. The number of fused-ring (bicyclic) bond motifs is 1. The number of hydrogen-bond acceptors (Lipinski definition) is 4. The highest BCUT2D eigenvalue weighted by Crippen LogP contribution is 2.40. The van der Waals surface area contributed by atoms with E-state index >= 15 is 0 Å². The molecule has 0 radical (unpaired) electrons. The lowest BCUT2D eigenvalue weighted by Gasteiger charge is -2.36. The van der Waals surface area contributed by atoms with E-state index in [1.54, 1.807) is 6.07 Å². The Morgan fingerprint density at radius 1 is 1.27 bits per heavy atom. The van der Waals surface area contributed by atoms with Crippen LogP contribution in [0.25, 0.3) is 0 Å². The predicted octanol–water partition coefficient (Wildman–Crippen LogP) is 3.90. The van der Waals surface area contributed by atoms with Gasteiger partial charge in [-0.15, -0.1) is 0 Å². The van der Waals surface area contributed by atoms with Crippen LogP contribution in [0.5, 0.6) is 11.5 Å². The molecule has 1 aliphatic rings. The summed E-state index contributed by atoms with van der Waals surface area (Å²) in [5, 5.41) is 3.37. The summed E-state index contributed by atoms with van der Waals surface area (Å²) in [6.07, 6.45) is 2.03. The highest BCUT2D eigenvalue weighted by atomic mass is 35.5. The standard InChI is InChI=1S/C23H27ClN2O4/c1-13(2)16-9-8-14-6-4-5-7-17(14)21(16)26-23(28)15-10-18(24)22(19(11-15)29-3)30-12-20(25)27/h4-7,10-11,13,16,21H,8-9,12H2,1-3H3,(H2,25,27)(H,26,28)/t16-,21-/m0/s1. The lowest BCUT2D eigenvalue weighted by atomic mass is 9.74. The number of halogens is 1. The minimum Gasteiger partial charge on any atom is -0.493 e. The Balaban J connectivity index is 1.89. The van der Waals surface area contributed by atoms with Gasteiger partial charge in [0.2, 0.25) is 0 Å². The lowest BCUT2D eigenvalue weighted by Crippen LogP contribution is -2.38. The molecule has 0 bridgehead atoms. The molecule has 0 saturated heterocycles. The van der Waals surface area contributed by atoms with Crippen molar-refractivity contribution >= 4 is 23.4 Å². The minimum atomic E-state index is -0.634. The topological polar surface area (TPSA) is 90.7 Å². The number of nitrogens with two attached hydrogens (primary N) is 1. The molecule has 2 atom stereocenters. The van der Waals surface area contributed by atoms with E-state index in [1.165, 1.54) is 18.7 Å². The summed E-state index contributed by atoms with van der Waals surface area (Å²) in [4.78, 5) is 24.2. The Morgan fingerprint density at radius 2 is 2.00 bits per heavy atom. The molecule has 3 N–H and O–H groups in total. The summed E-state index contributed by atoms with van der Waals surface area (Å²) >= 11 is 6.31. The summed E-state index contributed by atoms with van der Waals surface area (Å²) < 4.78 is 10.7. The first kappa shape index (κ1) is 22.0. The fourth-order valence-electron chi connectivity index (χ4n) is 4.05.